The standard InChI is InChI=1S/C12H11F3N2O2/c1-2-19-10-4-3-8(17-11(18)5-6-16)7-9(10)12(13,14)15/h3-4,7H,2,5H2,1H3,(H,17,18). The molecule has 1 amide bonds. The molecule has 1 aromatic carbocycles. The van der Waals surface area contributed by atoms with E-state index in [9.17, 15) is 18.0 Å². The van der Waals surface area contributed by atoms with Crippen LogP contribution in [0.1, 0.15) is 18.9 Å². The number of halogens is 3. The molecule has 0 unspecified atom stereocenters. The monoisotopic (exact) mass is 272 g/mol. The Balaban J connectivity index is 3.05. The largest absolute Gasteiger partial charge is 0.493 e. The first-order valence-corrected chi connectivity index (χ1v) is 5.39. The predicted molar refractivity (Wildman–Crippen MR) is 61.5 cm³/mol. The van der Waals surface area contributed by atoms with E-state index in [0.29, 0.717) is 0 Å². The van der Waals surface area contributed by atoms with Gasteiger partial charge in [-0.25, -0.2) is 0 Å². The number of ether oxygens (including phenoxy) is 1. The number of carbonyl (C=O) groups excluding carboxylic acids is 1. The zero-order valence-corrected chi connectivity index (χ0v) is 10.0. The van der Waals surface area contributed by atoms with Crippen LogP contribution in [0.3, 0.4) is 0 Å². The molecule has 0 saturated heterocycles. The van der Waals surface area contributed by atoms with Gasteiger partial charge in [-0.2, -0.15) is 18.4 Å². The first kappa shape index (κ1) is 14.8. The average molecular weight is 272 g/mol. The lowest BCUT2D eigenvalue weighted by Crippen LogP contribution is -2.13. The molecular formula is C12H11F3N2O2. The number of nitrogens with one attached hydrogen (secondary N) is 1. The van der Waals surface area contributed by atoms with Gasteiger partial charge in [0.1, 0.15) is 12.2 Å². The SMILES string of the molecule is CCOc1ccc(NC(=O)CC#N)cc1C(F)(F)F. The number of benzene rings is 1. The van der Waals surface area contributed by atoms with Crippen LogP contribution in [0.25, 0.3) is 0 Å². The second-order valence-corrected chi connectivity index (χ2v) is 3.52. The van der Waals surface area contributed by atoms with Gasteiger partial charge in [-0.3, -0.25) is 4.79 Å². The number of rotatable bonds is 4. The number of anilines is 1. The molecule has 0 aliphatic rings. The molecule has 7 heteroatoms. The number of carbonyl (C=O) groups is 1. The maximum atomic E-state index is 12.8. The summed E-state index contributed by atoms with van der Waals surface area (Å²) in [5.74, 6) is -0.965. The highest BCUT2D eigenvalue weighted by Crippen LogP contribution is 2.37. The Morgan fingerprint density at radius 1 is 1.47 bits per heavy atom. The first-order chi connectivity index (χ1) is 8.88. The van der Waals surface area contributed by atoms with E-state index in [0.717, 1.165) is 12.1 Å². The van der Waals surface area contributed by atoms with Crippen LogP contribution < -0.4 is 10.1 Å². The van der Waals surface area contributed by atoms with Crippen molar-refractivity contribution in [3.8, 4) is 11.8 Å². The number of nitrogens with zero attached hydrogens (tertiary/aromatic N) is 1. The third-order valence-electron chi connectivity index (χ3n) is 2.11. The van der Waals surface area contributed by atoms with Gasteiger partial charge in [-0.15, -0.1) is 0 Å². The van der Waals surface area contributed by atoms with Crippen LogP contribution in [0.2, 0.25) is 0 Å². The normalized spacial score (nSPS) is 10.7. The molecule has 0 saturated carbocycles. The summed E-state index contributed by atoms with van der Waals surface area (Å²) in [5.41, 5.74) is -1.000. The molecule has 19 heavy (non-hydrogen) atoms. The molecule has 102 valence electrons. The Morgan fingerprint density at radius 2 is 2.16 bits per heavy atom. The molecule has 0 aliphatic carbocycles. The number of alkyl halides is 3. The van der Waals surface area contributed by atoms with Gasteiger partial charge in [0.15, 0.2) is 0 Å². The molecule has 0 aromatic heterocycles. The lowest BCUT2D eigenvalue weighted by atomic mass is 10.1. The fraction of sp³-hybridized carbons (Fsp3) is 0.333. The molecule has 1 rings (SSSR count). The van der Waals surface area contributed by atoms with Crippen molar-refractivity contribution in [2.24, 2.45) is 0 Å². The zero-order chi connectivity index (χ0) is 14.5. The summed E-state index contributed by atoms with van der Waals surface area (Å²) < 4.78 is 43.3. The fourth-order valence-corrected chi connectivity index (χ4v) is 1.39. The van der Waals surface area contributed by atoms with Crippen molar-refractivity contribution in [3.05, 3.63) is 23.8 Å². The van der Waals surface area contributed by atoms with Crippen LogP contribution in [-0.2, 0) is 11.0 Å². The van der Waals surface area contributed by atoms with Crippen molar-refractivity contribution < 1.29 is 22.7 Å². The smallest absolute Gasteiger partial charge is 0.420 e. The van der Waals surface area contributed by atoms with E-state index in [1.165, 1.54) is 6.07 Å². The molecule has 4 nitrogen and oxygen atoms in total. The van der Waals surface area contributed by atoms with Crippen LogP contribution in [-0.4, -0.2) is 12.5 Å². The van der Waals surface area contributed by atoms with Gasteiger partial charge in [-0.05, 0) is 25.1 Å². The minimum absolute atomic E-state index is 0.0315. The Kier molecular flexibility index (Phi) is 4.75. The van der Waals surface area contributed by atoms with E-state index >= 15 is 0 Å². The third kappa shape index (κ3) is 4.17. The summed E-state index contributed by atoms with van der Waals surface area (Å²) >= 11 is 0. The van der Waals surface area contributed by atoms with Gasteiger partial charge in [0, 0.05) is 5.69 Å². The Bertz CT molecular complexity index is 507. The molecule has 0 atom stereocenters. The Labute approximate surface area is 107 Å². The predicted octanol–water partition coefficient (Wildman–Crippen LogP) is 2.96. The van der Waals surface area contributed by atoms with Gasteiger partial charge >= 0.3 is 6.18 Å². The van der Waals surface area contributed by atoms with E-state index < -0.39 is 24.1 Å². The minimum atomic E-state index is -4.58. The van der Waals surface area contributed by atoms with Crippen molar-refractivity contribution in [2.75, 3.05) is 11.9 Å². The quantitative estimate of drug-likeness (QED) is 0.916. The number of hydrogen-bond donors (Lipinski definition) is 1. The Morgan fingerprint density at radius 3 is 2.68 bits per heavy atom. The van der Waals surface area contributed by atoms with E-state index in [-0.39, 0.29) is 18.0 Å². The highest BCUT2D eigenvalue weighted by Gasteiger charge is 2.34. The topological polar surface area (TPSA) is 62.1 Å². The van der Waals surface area contributed by atoms with Gasteiger partial charge < -0.3 is 10.1 Å². The number of hydrogen-bond acceptors (Lipinski definition) is 3. The van der Waals surface area contributed by atoms with Crippen LogP contribution in [0.15, 0.2) is 18.2 Å². The second kappa shape index (κ2) is 6.09. The van der Waals surface area contributed by atoms with E-state index in [1.54, 1.807) is 13.0 Å². The molecule has 1 aromatic rings. The average Bonchev–Trinajstić information content (AvgIpc) is 2.30. The fourth-order valence-electron chi connectivity index (χ4n) is 1.39. The van der Waals surface area contributed by atoms with Crippen molar-refractivity contribution in [1.82, 2.24) is 0 Å². The highest BCUT2D eigenvalue weighted by molar-refractivity contribution is 5.92. The lowest BCUT2D eigenvalue weighted by molar-refractivity contribution is -0.138. The summed E-state index contributed by atoms with van der Waals surface area (Å²) in [5, 5.41) is 10.5. The molecular weight excluding hydrogens is 261 g/mol. The second-order valence-electron chi connectivity index (χ2n) is 3.52. The van der Waals surface area contributed by atoms with Crippen molar-refractivity contribution in [3.63, 3.8) is 0 Å². The zero-order valence-electron chi connectivity index (χ0n) is 10.0. The van der Waals surface area contributed by atoms with Gasteiger partial charge in [0.2, 0.25) is 5.91 Å². The Hall–Kier alpha value is -2.23. The summed E-state index contributed by atoms with van der Waals surface area (Å²) in [7, 11) is 0. The van der Waals surface area contributed by atoms with Crippen molar-refractivity contribution >= 4 is 11.6 Å². The van der Waals surface area contributed by atoms with Gasteiger partial charge in [0.05, 0.1) is 18.2 Å². The molecule has 0 spiro atoms. The van der Waals surface area contributed by atoms with Gasteiger partial charge in [-0.1, -0.05) is 0 Å². The van der Waals surface area contributed by atoms with E-state index in [1.807, 2.05) is 0 Å². The van der Waals surface area contributed by atoms with Crippen LogP contribution in [0.4, 0.5) is 18.9 Å². The minimum Gasteiger partial charge on any atom is -0.493 e. The third-order valence-corrected chi connectivity index (χ3v) is 2.11. The lowest BCUT2D eigenvalue weighted by Gasteiger charge is -2.14. The summed E-state index contributed by atoms with van der Waals surface area (Å²) in [4.78, 5) is 11.1. The molecule has 0 aliphatic heterocycles. The molecule has 0 radical (unpaired) electrons. The highest BCUT2D eigenvalue weighted by atomic mass is 19.4. The van der Waals surface area contributed by atoms with Crippen molar-refractivity contribution in [2.45, 2.75) is 19.5 Å². The van der Waals surface area contributed by atoms with Gasteiger partial charge in [0.25, 0.3) is 0 Å². The van der Waals surface area contributed by atoms with E-state index in [4.69, 9.17) is 10.00 Å². The molecule has 0 fully saturated rings. The van der Waals surface area contributed by atoms with Crippen molar-refractivity contribution in [1.29, 1.82) is 5.26 Å². The van der Waals surface area contributed by atoms with Crippen LogP contribution in [0, 0.1) is 11.3 Å². The van der Waals surface area contributed by atoms with Crippen LogP contribution in [0.5, 0.6) is 5.75 Å². The number of nitriles is 1. The summed E-state index contributed by atoms with van der Waals surface area (Å²) in [6, 6.07) is 4.80. The van der Waals surface area contributed by atoms with E-state index in [2.05, 4.69) is 5.32 Å². The van der Waals surface area contributed by atoms with Crippen LogP contribution >= 0.6 is 0 Å². The summed E-state index contributed by atoms with van der Waals surface area (Å²) in [6.07, 6.45) is -5.00. The maximum Gasteiger partial charge on any atom is 0.420 e. The number of amides is 1. The molecule has 0 heterocycles. The maximum absolute atomic E-state index is 12.8. The molecule has 1 N–H and O–H groups in total. The first-order valence-electron chi connectivity index (χ1n) is 5.39. The summed E-state index contributed by atoms with van der Waals surface area (Å²) in [6.45, 7) is 1.67. The molecule has 0 bridgehead atoms.